The molecular weight excluding hydrogens is 488 g/mol. The Morgan fingerprint density at radius 1 is 0.692 bits per heavy atom. The van der Waals surface area contributed by atoms with Crippen LogP contribution in [0, 0.1) is 5.41 Å². The quantitative estimate of drug-likeness (QED) is 0.122. The van der Waals surface area contributed by atoms with Crippen LogP contribution in [0.1, 0.15) is 102 Å². The summed E-state index contributed by atoms with van der Waals surface area (Å²) >= 11 is 0. The third kappa shape index (κ3) is 12.1. The molecule has 0 fully saturated rings. The lowest BCUT2D eigenvalue weighted by atomic mass is 9.91. The number of unbranched alkanes of at least 4 members (excludes halogenated alkanes) is 7. The largest absolute Gasteiger partial charge is 0.465 e. The Morgan fingerprint density at radius 3 is 1.82 bits per heavy atom. The van der Waals surface area contributed by atoms with E-state index in [1.165, 1.54) is 38.5 Å². The van der Waals surface area contributed by atoms with Gasteiger partial charge in [0.25, 0.3) is 0 Å². The number of anilines is 1. The van der Waals surface area contributed by atoms with Gasteiger partial charge in [-0.05, 0) is 61.9 Å². The van der Waals surface area contributed by atoms with E-state index in [9.17, 15) is 14.4 Å². The number of hydrogen-bond donors (Lipinski definition) is 2. The molecule has 0 heterocycles. The molecule has 2 aromatic rings. The third-order valence-corrected chi connectivity index (χ3v) is 6.92. The van der Waals surface area contributed by atoms with E-state index in [4.69, 9.17) is 4.74 Å². The summed E-state index contributed by atoms with van der Waals surface area (Å²) in [6.45, 7) is 8.51. The van der Waals surface area contributed by atoms with E-state index in [-0.39, 0.29) is 17.8 Å². The maximum absolute atomic E-state index is 12.7. The lowest BCUT2D eigenvalue weighted by Gasteiger charge is -2.22. The number of esters is 1. The first-order valence-corrected chi connectivity index (χ1v) is 14.7. The van der Waals surface area contributed by atoms with Gasteiger partial charge in [-0.2, -0.15) is 0 Å². The molecule has 0 aliphatic rings. The Balaban J connectivity index is 1.73. The predicted octanol–water partition coefficient (Wildman–Crippen LogP) is 6.99. The number of rotatable bonds is 18. The summed E-state index contributed by atoms with van der Waals surface area (Å²) < 4.78 is 5.42. The van der Waals surface area contributed by atoms with Gasteiger partial charge in [0.1, 0.15) is 5.41 Å². The lowest BCUT2D eigenvalue weighted by Crippen LogP contribution is -2.45. The number of benzene rings is 2. The number of nitrogens with one attached hydrogen (secondary N) is 2. The van der Waals surface area contributed by atoms with Crippen molar-refractivity contribution in [2.45, 2.75) is 98.3 Å². The van der Waals surface area contributed by atoms with Gasteiger partial charge < -0.3 is 15.4 Å². The number of ether oxygens (including phenoxy) is 1. The molecule has 0 saturated carbocycles. The second-order valence-corrected chi connectivity index (χ2v) is 10.9. The fraction of sp³-hybridized carbons (Fsp3) is 0.545. The molecule has 6 heteroatoms. The standard InChI is InChI=1S/C33H48N2O4/c1-5-7-8-9-10-11-12-13-23-39-30(36)25-28-16-14-26(15-17-28)24-27-18-20-29(21-19-27)35-32(38)33(3,4)31(37)34-22-6-2/h14-21H,5-13,22-25H2,1-4H3,(H,34,37)(H,35,38). The van der Waals surface area contributed by atoms with Gasteiger partial charge in [-0.3, -0.25) is 14.4 Å². The average molecular weight is 537 g/mol. The van der Waals surface area contributed by atoms with Crippen LogP contribution in [0.3, 0.4) is 0 Å². The zero-order chi connectivity index (χ0) is 28.5. The van der Waals surface area contributed by atoms with Gasteiger partial charge >= 0.3 is 5.97 Å². The molecule has 0 saturated heterocycles. The summed E-state index contributed by atoms with van der Waals surface area (Å²) in [4.78, 5) is 37.1. The Bertz CT molecular complexity index is 1010. The average Bonchev–Trinajstić information content (AvgIpc) is 2.92. The molecule has 0 spiro atoms. The van der Waals surface area contributed by atoms with Crippen molar-refractivity contribution in [3.8, 4) is 0 Å². The highest BCUT2D eigenvalue weighted by molar-refractivity contribution is 6.09. The van der Waals surface area contributed by atoms with E-state index < -0.39 is 5.41 Å². The van der Waals surface area contributed by atoms with Crippen molar-refractivity contribution in [1.29, 1.82) is 0 Å². The number of amides is 2. The Hall–Kier alpha value is -3.15. The maximum atomic E-state index is 12.7. The molecule has 214 valence electrons. The Labute approximate surface area is 235 Å². The van der Waals surface area contributed by atoms with E-state index in [2.05, 4.69) is 17.6 Å². The summed E-state index contributed by atoms with van der Waals surface area (Å²) in [7, 11) is 0. The van der Waals surface area contributed by atoms with Crippen molar-refractivity contribution in [1.82, 2.24) is 5.32 Å². The second kappa shape index (κ2) is 17.4. The maximum Gasteiger partial charge on any atom is 0.310 e. The van der Waals surface area contributed by atoms with Crippen LogP contribution in [-0.4, -0.2) is 30.9 Å². The molecule has 2 aromatic carbocycles. The van der Waals surface area contributed by atoms with Crippen molar-refractivity contribution in [2.24, 2.45) is 5.41 Å². The smallest absolute Gasteiger partial charge is 0.310 e. The van der Waals surface area contributed by atoms with Gasteiger partial charge in [0.15, 0.2) is 0 Å². The molecule has 2 rings (SSSR count). The first kappa shape index (κ1) is 32.1. The summed E-state index contributed by atoms with van der Waals surface area (Å²) in [5.74, 6) is -0.788. The van der Waals surface area contributed by atoms with Crippen LogP contribution in [0.15, 0.2) is 48.5 Å². The first-order valence-electron chi connectivity index (χ1n) is 14.7. The molecule has 6 nitrogen and oxygen atoms in total. The van der Waals surface area contributed by atoms with E-state index >= 15 is 0 Å². The monoisotopic (exact) mass is 536 g/mol. The molecular formula is C33H48N2O4. The number of carbonyl (C=O) groups is 3. The minimum Gasteiger partial charge on any atom is -0.465 e. The second-order valence-electron chi connectivity index (χ2n) is 10.9. The van der Waals surface area contributed by atoms with Crippen LogP contribution >= 0.6 is 0 Å². The van der Waals surface area contributed by atoms with Crippen molar-refractivity contribution >= 4 is 23.5 Å². The highest BCUT2D eigenvalue weighted by Crippen LogP contribution is 2.20. The summed E-state index contributed by atoms with van der Waals surface area (Å²) in [5.41, 5.74) is 2.68. The van der Waals surface area contributed by atoms with Gasteiger partial charge in [0.2, 0.25) is 11.8 Å². The van der Waals surface area contributed by atoms with E-state index in [1.54, 1.807) is 13.8 Å². The van der Waals surface area contributed by atoms with Crippen molar-refractivity contribution in [3.63, 3.8) is 0 Å². The molecule has 2 N–H and O–H groups in total. The van der Waals surface area contributed by atoms with E-state index in [0.29, 0.717) is 25.3 Å². The summed E-state index contributed by atoms with van der Waals surface area (Å²) in [5, 5.41) is 5.63. The van der Waals surface area contributed by atoms with Crippen LogP contribution in [0.25, 0.3) is 0 Å². The molecule has 0 unspecified atom stereocenters. The highest BCUT2D eigenvalue weighted by atomic mass is 16.5. The zero-order valence-corrected chi connectivity index (χ0v) is 24.4. The number of hydrogen-bond acceptors (Lipinski definition) is 4. The van der Waals surface area contributed by atoms with E-state index in [0.717, 1.165) is 42.4 Å². The molecule has 0 atom stereocenters. The molecule has 0 aromatic heterocycles. The van der Waals surface area contributed by atoms with Crippen molar-refractivity contribution in [3.05, 3.63) is 65.2 Å². The van der Waals surface area contributed by atoms with Gasteiger partial charge in [-0.25, -0.2) is 0 Å². The van der Waals surface area contributed by atoms with Crippen molar-refractivity contribution in [2.75, 3.05) is 18.5 Å². The third-order valence-electron chi connectivity index (χ3n) is 6.92. The molecule has 0 bridgehead atoms. The predicted molar refractivity (Wildman–Crippen MR) is 159 cm³/mol. The van der Waals surface area contributed by atoms with Gasteiger partial charge in [0, 0.05) is 12.2 Å². The summed E-state index contributed by atoms with van der Waals surface area (Å²) in [6.07, 6.45) is 11.6. The van der Waals surface area contributed by atoms with Crippen molar-refractivity contribution < 1.29 is 19.1 Å². The zero-order valence-electron chi connectivity index (χ0n) is 24.4. The van der Waals surface area contributed by atoms with Crippen LogP contribution in [-0.2, 0) is 32.0 Å². The fourth-order valence-corrected chi connectivity index (χ4v) is 4.21. The molecule has 2 amide bonds. The molecule has 0 aliphatic carbocycles. The van der Waals surface area contributed by atoms with Crippen LogP contribution in [0.4, 0.5) is 5.69 Å². The van der Waals surface area contributed by atoms with Gasteiger partial charge in [0.05, 0.1) is 13.0 Å². The minimum absolute atomic E-state index is 0.172. The van der Waals surface area contributed by atoms with Gasteiger partial charge in [-0.1, -0.05) is 95.2 Å². The van der Waals surface area contributed by atoms with Crippen LogP contribution in [0.2, 0.25) is 0 Å². The molecule has 0 aliphatic heterocycles. The van der Waals surface area contributed by atoms with Crippen LogP contribution < -0.4 is 10.6 Å². The lowest BCUT2D eigenvalue weighted by molar-refractivity contribution is -0.143. The fourth-order valence-electron chi connectivity index (χ4n) is 4.21. The van der Waals surface area contributed by atoms with Crippen LogP contribution in [0.5, 0.6) is 0 Å². The molecule has 0 radical (unpaired) electrons. The molecule has 39 heavy (non-hydrogen) atoms. The highest BCUT2D eigenvalue weighted by Gasteiger charge is 2.35. The SMILES string of the molecule is CCCCCCCCCCOC(=O)Cc1ccc(Cc2ccc(NC(=O)C(C)(C)C(=O)NCCC)cc2)cc1. The normalized spacial score (nSPS) is 11.2. The Kier molecular flexibility index (Phi) is 14.3. The minimum atomic E-state index is -1.16. The Morgan fingerprint density at radius 2 is 1.23 bits per heavy atom. The van der Waals surface area contributed by atoms with Gasteiger partial charge in [-0.15, -0.1) is 0 Å². The summed E-state index contributed by atoms with van der Waals surface area (Å²) in [6, 6.07) is 15.7. The topological polar surface area (TPSA) is 84.5 Å². The first-order chi connectivity index (χ1) is 18.8. The number of carbonyl (C=O) groups excluding carboxylic acids is 3. The van der Waals surface area contributed by atoms with E-state index in [1.807, 2.05) is 55.5 Å².